The molecule has 0 fully saturated rings. The van der Waals surface area contributed by atoms with Gasteiger partial charge in [0.05, 0.1) is 12.1 Å². The van der Waals surface area contributed by atoms with Crippen LogP contribution in [0.25, 0.3) is 0 Å². The van der Waals surface area contributed by atoms with Crippen molar-refractivity contribution in [3.8, 4) is 0 Å². The molecule has 112 valence electrons. The molecule has 0 aromatic carbocycles. The summed E-state index contributed by atoms with van der Waals surface area (Å²) in [5.41, 5.74) is 0.877. The summed E-state index contributed by atoms with van der Waals surface area (Å²) in [6, 6.07) is 7.36. The zero-order valence-electron chi connectivity index (χ0n) is 12.8. The van der Waals surface area contributed by atoms with Gasteiger partial charge in [0.1, 0.15) is 5.82 Å². The highest BCUT2D eigenvalue weighted by Crippen LogP contribution is 2.25. The Morgan fingerprint density at radius 1 is 1.38 bits per heavy atom. The van der Waals surface area contributed by atoms with Gasteiger partial charge in [-0.1, -0.05) is 26.8 Å². The van der Waals surface area contributed by atoms with Gasteiger partial charge in [0, 0.05) is 23.0 Å². The molecule has 2 heterocycles. The van der Waals surface area contributed by atoms with Crippen LogP contribution in [0.4, 0.5) is 5.82 Å². The monoisotopic (exact) mass is 304 g/mol. The van der Waals surface area contributed by atoms with Crippen molar-refractivity contribution < 1.29 is 9.90 Å². The third-order valence-corrected chi connectivity index (χ3v) is 4.05. The standard InChI is InChI=1S/C16H20N2O2S/c1-16(2,3)13-8-11(15(19)20)9-14(17-13)18(4)10-12-6-5-7-21-12/h5-9H,10H2,1-4H3,(H,19,20). The lowest BCUT2D eigenvalue weighted by Crippen LogP contribution is -2.21. The van der Waals surface area contributed by atoms with Gasteiger partial charge in [0.25, 0.3) is 0 Å². The minimum absolute atomic E-state index is 0.190. The van der Waals surface area contributed by atoms with Crippen molar-refractivity contribution in [1.29, 1.82) is 0 Å². The molecule has 0 atom stereocenters. The second-order valence-corrected chi connectivity index (χ2v) is 7.12. The third-order valence-electron chi connectivity index (χ3n) is 3.19. The summed E-state index contributed by atoms with van der Waals surface area (Å²) in [6.07, 6.45) is 0. The van der Waals surface area contributed by atoms with Gasteiger partial charge in [0.2, 0.25) is 0 Å². The fourth-order valence-corrected chi connectivity index (χ4v) is 2.69. The average molecular weight is 304 g/mol. The molecular weight excluding hydrogens is 284 g/mol. The molecule has 0 spiro atoms. The Balaban J connectivity index is 2.37. The van der Waals surface area contributed by atoms with E-state index in [4.69, 9.17) is 0 Å². The number of anilines is 1. The van der Waals surface area contributed by atoms with Crippen LogP contribution in [0.5, 0.6) is 0 Å². The van der Waals surface area contributed by atoms with Crippen molar-refractivity contribution in [2.45, 2.75) is 32.7 Å². The van der Waals surface area contributed by atoms with Crippen LogP contribution in [0, 0.1) is 0 Å². The number of pyridine rings is 1. The number of aromatic nitrogens is 1. The smallest absolute Gasteiger partial charge is 0.335 e. The molecule has 0 saturated heterocycles. The summed E-state index contributed by atoms with van der Waals surface area (Å²) >= 11 is 1.68. The van der Waals surface area contributed by atoms with Gasteiger partial charge in [-0.05, 0) is 23.6 Å². The van der Waals surface area contributed by atoms with E-state index in [1.807, 2.05) is 44.2 Å². The van der Waals surface area contributed by atoms with Gasteiger partial charge in [-0.15, -0.1) is 11.3 Å². The van der Waals surface area contributed by atoms with Crippen molar-refractivity contribution >= 4 is 23.1 Å². The van der Waals surface area contributed by atoms with Crippen LogP contribution in [-0.4, -0.2) is 23.1 Å². The van der Waals surface area contributed by atoms with Crippen LogP contribution >= 0.6 is 11.3 Å². The van der Waals surface area contributed by atoms with E-state index in [0.717, 1.165) is 12.2 Å². The molecule has 5 heteroatoms. The van der Waals surface area contributed by atoms with E-state index in [-0.39, 0.29) is 11.0 Å². The van der Waals surface area contributed by atoms with E-state index in [0.29, 0.717) is 5.82 Å². The molecule has 2 aromatic heterocycles. The maximum atomic E-state index is 11.3. The summed E-state index contributed by atoms with van der Waals surface area (Å²) in [7, 11) is 1.93. The lowest BCUT2D eigenvalue weighted by atomic mass is 9.90. The van der Waals surface area contributed by atoms with E-state index in [1.165, 1.54) is 4.88 Å². The lowest BCUT2D eigenvalue weighted by molar-refractivity contribution is 0.0696. The van der Waals surface area contributed by atoms with Gasteiger partial charge < -0.3 is 10.0 Å². The molecule has 0 aliphatic rings. The van der Waals surface area contributed by atoms with Crippen molar-refractivity contribution in [2.75, 3.05) is 11.9 Å². The predicted molar refractivity (Wildman–Crippen MR) is 86.3 cm³/mol. The maximum Gasteiger partial charge on any atom is 0.335 e. The molecular formula is C16H20N2O2S. The Morgan fingerprint density at radius 3 is 2.62 bits per heavy atom. The number of carboxylic acids is 1. The Labute approximate surface area is 129 Å². The van der Waals surface area contributed by atoms with E-state index in [9.17, 15) is 9.90 Å². The fourth-order valence-electron chi connectivity index (χ4n) is 1.94. The van der Waals surface area contributed by atoms with Crippen LogP contribution in [0.15, 0.2) is 29.6 Å². The minimum Gasteiger partial charge on any atom is -0.478 e. The fraction of sp³-hybridized carbons (Fsp3) is 0.375. The highest BCUT2D eigenvalue weighted by Gasteiger charge is 2.20. The number of thiophene rings is 1. The number of carboxylic acid groups (broad SMARTS) is 1. The molecule has 1 N–H and O–H groups in total. The van der Waals surface area contributed by atoms with Gasteiger partial charge >= 0.3 is 5.97 Å². The first-order chi connectivity index (χ1) is 9.77. The second kappa shape index (κ2) is 5.85. The van der Waals surface area contributed by atoms with Crippen LogP contribution in [-0.2, 0) is 12.0 Å². The van der Waals surface area contributed by atoms with Crippen LogP contribution in [0.1, 0.15) is 41.7 Å². The van der Waals surface area contributed by atoms with E-state index in [1.54, 1.807) is 23.5 Å². The second-order valence-electron chi connectivity index (χ2n) is 6.09. The molecule has 21 heavy (non-hydrogen) atoms. The first-order valence-electron chi connectivity index (χ1n) is 6.77. The van der Waals surface area contributed by atoms with Gasteiger partial charge in [-0.2, -0.15) is 0 Å². The third kappa shape index (κ3) is 3.82. The van der Waals surface area contributed by atoms with Gasteiger partial charge in [-0.25, -0.2) is 9.78 Å². The molecule has 2 aromatic rings. The molecule has 0 unspecified atom stereocenters. The highest BCUT2D eigenvalue weighted by molar-refractivity contribution is 7.09. The van der Waals surface area contributed by atoms with Crippen molar-refractivity contribution in [3.05, 3.63) is 45.8 Å². The van der Waals surface area contributed by atoms with Crippen molar-refractivity contribution in [1.82, 2.24) is 4.98 Å². The number of hydrogen-bond donors (Lipinski definition) is 1. The number of rotatable bonds is 4. The van der Waals surface area contributed by atoms with Crippen molar-refractivity contribution in [2.24, 2.45) is 0 Å². The summed E-state index contributed by atoms with van der Waals surface area (Å²) in [6.45, 7) is 6.81. The van der Waals surface area contributed by atoms with E-state index in [2.05, 4.69) is 11.1 Å². The molecule has 0 aliphatic carbocycles. The first kappa shape index (κ1) is 15.5. The van der Waals surface area contributed by atoms with E-state index < -0.39 is 5.97 Å². The van der Waals surface area contributed by atoms with Gasteiger partial charge in [-0.3, -0.25) is 0 Å². The molecule has 0 amide bonds. The highest BCUT2D eigenvalue weighted by atomic mass is 32.1. The SMILES string of the molecule is CN(Cc1cccs1)c1cc(C(=O)O)cc(C(C)(C)C)n1. The van der Waals surface area contributed by atoms with Crippen LogP contribution < -0.4 is 4.90 Å². The lowest BCUT2D eigenvalue weighted by Gasteiger charge is -2.23. The predicted octanol–water partition coefficient (Wildman–Crippen LogP) is 3.78. The molecule has 4 nitrogen and oxygen atoms in total. The summed E-state index contributed by atoms with van der Waals surface area (Å²) in [5.74, 6) is -0.234. The maximum absolute atomic E-state index is 11.3. The Kier molecular flexibility index (Phi) is 4.32. The Morgan fingerprint density at radius 2 is 2.10 bits per heavy atom. The van der Waals surface area contributed by atoms with Crippen LogP contribution in [0.2, 0.25) is 0 Å². The Bertz CT molecular complexity index is 630. The molecule has 0 bridgehead atoms. The zero-order valence-corrected chi connectivity index (χ0v) is 13.6. The molecule has 2 rings (SSSR count). The molecule has 0 saturated carbocycles. The first-order valence-corrected chi connectivity index (χ1v) is 7.65. The van der Waals surface area contributed by atoms with Crippen molar-refractivity contribution in [3.63, 3.8) is 0 Å². The molecule has 0 radical (unpaired) electrons. The summed E-state index contributed by atoms with van der Waals surface area (Å²) in [5, 5.41) is 11.3. The Hall–Kier alpha value is -1.88. The summed E-state index contributed by atoms with van der Waals surface area (Å²) < 4.78 is 0. The largest absolute Gasteiger partial charge is 0.478 e. The van der Waals surface area contributed by atoms with Crippen LogP contribution in [0.3, 0.4) is 0 Å². The minimum atomic E-state index is -0.923. The number of carbonyl (C=O) groups is 1. The van der Waals surface area contributed by atoms with E-state index >= 15 is 0 Å². The average Bonchev–Trinajstić information content (AvgIpc) is 2.90. The zero-order chi connectivity index (χ0) is 15.6. The normalized spacial score (nSPS) is 11.4. The number of hydrogen-bond acceptors (Lipinski definition) is 4. The van der Waals surface area contributed by atoms with Gasteiger partial charge in [0.15, 0.2) is 0 Å². The molecule has 0 aliphatic heterocycles. The topological polar surface area (TPSA) is 53.4 Å². The number of nitrogens with zero attached hydrogens (tertiary/aromatic N) is 2. The number of aromatic carboxylic acids is 1. The quantitative estimate of drug-likeness (QED) is 0.934. The summed E-state index contributed by atoms with van der Waals surface area (Å²) in [4.78, 5) is 19.2.